The van der Waals surface area contributed by atoms with Crippen molar-refractivity contribution < 1.29 is 18.7 Å². The van der Waals surface area contributed by atoms with Gasteiger partial charge < -0.3 is 14.8 Å². The molecule has 0 aliphatic carbocycles. The molecule has 1 amide bonds. The predicted molar refractivity (Wildman–Crippen MR) is 128 cm³/mol. The first-order valence-corrected chi connectivity index (χ1v) is 11.7. The maximum atomic E-state index is 14.0. The third-order valence-electron chi connectivity index (χ3n) is 5.06. The first-order valence-electron chi connectivity index (χ1n) is 10.3. The number of rotatable bonds is 7. The summed E-state index contributed by atoms with van der Waals surface area (Å²) in [4.78, 5) is 12.5. The monoisotopic (exact) mass is 496 g/mol. The van der Waals surface area contributed by atoms with Gasteiger partial charge in [0.2, 0.25) is 12.7 Å². The number of carbonyl (C=O) groups is 1. The van der Waals surface area contributed by atoms with Crippen molar-refractivity contribution in [2.24, 2.45) is 0 Å². The van der Waals surface area contributed by atoms with Gasteiger partial charge in [-0.25, -0.2) is 4.39 Å². The van der Waals surface area contributed by atoms with Crippen molar-refractivity contribution in [2.75, 3.05) is 17.9 Å². The summed E-state index contributed by atoms with van der Waals surface area (Å²) in [6.07, 6.45) is 0. The van der Waals surface area contributed by atoms with Crippen molar-refractivity contribution in [3.63, 3.8) is 0 Å². The van der Waals surface area contributed by atoms with Gasteiger partial charge in [-0.3, -0.25) is 9.36 Å². The molecule has 0 unspecified atom stereocenters. The van der Waals surface area contributed by atoms with Crippen LogP contribution in [0.2, 0.25) is 5.02 Å². The lowest BCUT2D eigenvalue weighted by Crippen LogP contribution is -2.15. The molecular weight excluding hydrogens is 479 g/mol. The van der Waals surface area contributed by atoms with Crippen LogP contribution in [0.1, 0.15) is 5.56 Å². The van der Waals surface area contributed by atoms with Crippen molar-refractivity contribution in [3.05, 3.63) is 83.1 Å². The van der Waals surface area contributed by atoms with Crippen molar-refractivity contribution in [2.45, 2.75) is 11.7 Å². The van der Waals surface area contributed by atoms with Crippen LogP contribution in [-0.4, -0.2) is 33.2 Å². The number of thioether (sulfide) groups is 1. The van der Waals surface area contributed by atoms with Gasteiger partial charge in [-0.2, -0.15) is 0 Å². The number of carbonyl (C=O) groups excluding carboxylic acids is 1. The number of amides is 1. The third-order valence-corrected chi connectivity index (χ3v) is 6.27. The third kappa shape index (κ3) is 4.85. The lowest BCUT2D eigenvalue weighted by Gasteiger charge is -2.11. The molecule has 2 heterocycles. The molecule has 7 nitrogen and oxygen atoms in total. The zero-order chi connectivity index (χ0) is 23.5. The van der Waals surface area contributed by atoms with Gasteiger partial charge in [-0.1, -0.05) is 59.8 Å². The Morgan fingerprint density at radius 1 is 1.06 bits per heavy atom. The Labute approximate surface area is 203 Å². The first-order chi connectivity index (χ1) is 16.6. The molecule has 172 valence electrons. The fourth-order valence-electron chi connectivity index (χ4n) is 3.47. The molecule has 1 aliphatic heterocycles. The van der Waals surface area contributed by atoms with Gasteiger partial charge in [0, 0.05) is 10.6 Å². The van der Waals surface area contributed by atoms with Gasteiger partial charge in [-0.05, 0) is 35.9 Å². The van der Waals surface area contributed by atoms with E-state index in [1.165, 1.54) is 23.9 Å². The van der Waals surface area contributed by atoms with Gasteiger partial charge >= 0.3 is 0 Å². The zero-order valence-electron chi connectivity index (χ0n) is 17.7. The molecular formula is C24H18ClFN4O3S. The molecule has 0 saturated carbocycles. The molecule has 10 heteroatoms. The van der Waals surface area contributed by atoms with Crippen molar-refractivity contribution in [1.29, 1.82) is 0 Å². The van der Waals surface area contributed by atoms with Crippen LogP contribution in [0, 0.1) is 5.82 Å². The van der Waals surface area contributed by atoms with E-state index in [1.54, 1.807) is 0 Å². The topological polar surface area (TPSA) is 78.3 Å². The number of nitrogens with one attached hydrogen (secondary N) is 1. The van der Waals surface area contributed by atoms with Gasteiger partial charge in [-0.15, -0.1) is 10.2 Å². The van der Waals surface area contributed by atoms with E-state index in [2.05, 4.69) is 15.5 Å². The van der Waals surface area contributed by atoms with E-state index in [0.717, 1.165) is 17.2 Å². The fourth-order valence-corrected chi connectivity index (χ4v) is 4.36. The molecule has 4 aromatic rings. The summed E-state index contributed by atoms with van der Waals surface area (Å²) in [6, 6.07) is 19.5. The summed E-state index contributed by atoms with van der Waals surface area (Å²) in [7, 11) is 0. The van der Waals surface area contributed by atoms with E-state index in [0.29, 0.717) is 29.0 Å². The Kier molecular flexibility index (Phi) is 6.37. The normalized spacial score (nSPS) is 12.1. The fraction of sp³-hybridized carbons (Fsp3) is 0.125. The van der Waals surface area contributed by atoms with Crippen LogP contribution in [0.15, 0.2) is 71.9 Å². The average Bonchev–Trinajstić information content (AvgIpc) is 3.47. The highest BCUT2D eigenvalue weighted by Crippen LogP contribution is 2.34. The minimum atomic E-state index is -0.594. The Balaban J connectivity index is 1.37. The number of benzene rings is 3. The van der Waals surface area contributed by atoms with Gasteiger partial charge in [0.15, 0.2) is 22.5 Å². The van der Waals surface area contributed by atoms with Crippen LogP contribution >= 0.6 is 23.4 Å². The molecule has 34 heavy (non-hydrogen) atoms. The largest absolute Gasteiger partial charge is 0.454 e. The average molecular weight is 497 g/mol. The molecule has 1 aromatic heterocycles. The molecule has 1 N–H and O–H groups in total. The molecule has 0 fully saturated rings. The van der Waals surface area contributed by atoms with E-state index >= 15 is 0 Å². The molecule has 5 rings (SSSR count). The maximum Gasteiger partial charge on any atom is 0.234 e. The smallest absolute Gasteiger partial charge is 0.234 e. The van der Waals surface area contributed by atoms with Crippen LogP contribution in [-0.2, 0) is 11.3 Å². The summed E-state index contributed by atoms with van der Waals surface area (Å²) in [6.45, 7) is 0.661. The summed E-state index contributed by atoms with van der Waals surface area (Å²) in [5.41, 5.74) is 1.94. The highest BCUT2D eigenvalue weighted by atomic mass is 35.5. The van der Waals surface area contributed by atoms with Crippen molar-refractivity contribution in [3.8, 4) is 22.9 Å². The van der Waals surface area contributed by atoms with Crippen LogP contribution < -0.4 is 14.8 Å². The minimum Gasteiger partial charge on any atom is -0.454 e. The molecule has 0 saturated heterocycles. The number of nitrogens with zero attached hydrogens (tertiary/aromatic N) is 3. The van der Waals surface area contributed by atoms with E-state index in [1.807, 2.05) is 53.1 Å². The van der Waals surface area contributed by atoms with E-state index < -0.39 is 5.82 Å². The summed E-state index contributed by atoms with van der Waals surface area (Å²) < 4.78 is 26.8. The number of hydrogen-bond acceptors (Lipinski definition) is 6. The second kappa shape index (κ2) is 9.74. The van der Waals surface area contributed by atoms with E-state index in [-0.39, 0.29) is 29.2 Å². The highest BCUT2D eigenvalue weighted by molar-refractivity contribution is 7.99. The Hall–Kier alpha value is -3.56. The standard InChI is InChI=1S/C24H18ClFN4O3S/c25-17-7-8-19(18(26)11-17)27-22(31)13-34-24-29-28-23(16-4-2-1-3-5-16)30(24)12-15-6-9-20-21(10-15)33-14-32-20/h1-11H,12-14H2,(H,27,31). The highest BCUT2D eigenvalue weighted by Gasteiger charge is 2.19. The first kappa shape index (κ1) is 22.2. The summed E-state index contributed by atoms with van der Waals surface area (Å²) in [5, 5.41) is 12.1. The molecule has 0 spiro atoms. The molecule has 0 radical (unpaired) electrons. The van der Waals surface area contributed by atoms with E-state index in [9.17, 15) is 9.18 Å². The summed E-state index contributed by atoms with van der Waals surface area (Å²) in [5.74, 6) is 1.12. The molecule has 3 aromatic carbocycles. The van der Waals surface area contributed by atoms with Crippen molar-refractivity contribution in [1.82, 2.24) is 14.8 Å². The SMILES string of the molecule is O=C(CSc1nnc(-c2ccccc2)n1Cc1ccc2c(c1)OCO2)Nc1ccc(Cl)cc1F. The maximum absolute atomic E-state index is 14.0. The number of anilines is 1. The number of aromatic nitrogens is 3. The predicted octanol–water partition coefficient (Wildman–Crippen LogP) is 5.25. The summed E-state index contributed by atoms with van der Waals surface area (Å²) >= 11 is 6.99. The van der Waals surface area contributed by atoms with Crippen LogP contribution in [0.4, 0.5) is 10.1 Å². The quantitative estimate of drug-likeness (QED) is 0.352. The minimum absolute atomic E-state index is 0.0239. The number of halogens is 2. The molecule has 0 atom stereocenters. The Bertz CT molecular complexity index is 1350. The van der Waals surface area contributed by atoms with Crippen LogP contribution in [0.3, 0.4) is 0 Å². The Morgan fingerprint density at radius 2 is 1.88 bits per heavy atom. The molecule has 1 aliphatic rings. The second-order valence-electron chi connectivity index (χ2n) is 7.41. The second-order valence-corrected chi connectivity index (χ2v) is 8.79. The lowest BCUT2D eigenvalue weighted by atomic mass is 10.2. The molecule has 0 bridgehead atoms. The van der Waals surface area contributed by atoms with Crippen LogP contribution in [0.25, 0.3) is 11.4 Å². The van der Waals surface area contributed by atoms with Gasteiger partial charge in [0.05, 0.1) is 18.0 Å². The van der Waals surface area contributed by atoms with Gasteiger partial charge in [0.25, 0.3) is 0 Å². The number of fused-ring (bicyclic) bond motifs is 1. The van der Waals surface area contributed by atoms with Crippen molar-refractivity contribution >= 4 is 35.0 Å². The van der Waals surface area contributed by atoms with E-state index in [4.69, 9.17) is 21.1 Å². The zero-order valence-corrected chi connectivity index (χ0v) is 19.3. The van der Waals surface area contributed by atoms with Gasteiger partial charge in [0.1, 0.15) is 5.82 Å². The number of ether oxygens (including phenoxy) is 2. The van der Waals surface area contributed by atoms with Crippen LogP contribution in [0.5, 0.6) is 11.5 Å². The Morgan fingerprint density at radius 3 is 2.71 bits per heavy atom. The number of hydrogen-bond donors (Lipinski definition) is 1. The lowest BCUT2D eigenvalue weighted by molar-refractivity contribution is -0.113.